The van der Waals surface area contributed by atoms with Crippen molar-refractivity contribution in [2.24, 2.45) is 0 Å². The summed E-state index contributed by atoms with van der Waals surface area (Å²) in [5, 5.41) is 3.82. The Hall–Kier alpha value is -1.85. The quantitative estimate of drug-likeness (QED) is 0.681. The van der Waals surface area contributed by atoms with Crippen molar-refractivity contribution in [1.82, 2.24) is 19.2 Å². The van der Waals surface area contributed by atoms with E-state index in [-0.39, 0.29) is 6.04 Å². The summed E-state index contributed by atoms with van der Waals surface area (Å²) in [6.07, 6.45) is 1.47. The van der Waals surface area contributed by atoms with Gasteiger partial charge in [-0.2, -0.15) is 9.61 Å². The maximum atomic E-state index is 11.7. The predicted molar refractivity (Wildman–Crippen MR) is 50.5 cm³/mol. The highest BCUT2D eigenvalue weighted by Crippen LogP contribution is 1.95. The predicted octanol–water partition coefficient (Wildman–Crippen LogP) is -0.235. The minimum absolute atomic E-state index is 0.181. The number of hydrogen-bond donors (Lipinski definition) is 1. The SMILES string of the molecule is CC(C)n1c(=O)[nH]c2ccnn2c1=O. The van der Waals surface area contributed by atoms with Gasteiger partial charge in [0, 0.05) is 12.1 Å². The lowest BCUT2D eigenvalue weighted by Gasteiger charge is -2.07. The van der Waals surface area contributed by atoms with Gasteiger partial charge in [-0.25, -0.2) is 14.2 Å². The second-order valence-electron chi connectivity index (χ2n) is 3.30. The number of rotatable bonds is 1. The van der Waals surface area contributed by atoms with Gasteiger partial charge in [0.25, 0.3) is 0 Å². The molecule has 6 nitrogen and oxygen atoms in total. The van der Waals surface area contributed by atoms with E-state index in [9.17, 15) is 9.59 Å². The maximum absolute atomic E-state index is 11.7. The first-order valence-corrected chi connectivity index (χ1v) is 4.30. The van der Waals surface area contributed by atoms with E-state index in [0.717, 1.165) is 4.57 Å². The van der Waals surface area contributed by atoms with Crippen molar-refractivity contribution in [3.63, 3.8) is 0 Å². The number of H-pyrrole nitrogens is 1. The monoisotopic (exact) mass is 194 g/mol. The van der Waals surface area contributed by atoms with Gasteiger partial charge in [0.05, 0.1) is 6.20 Å². The van der Waals surface area contributed by atoms with Gasteiger partial charge in [-0.3, -0.25) is 4.98 Å². The number of fused-ring (bicyclic) bond motifs is 1. The van der Waals surface area contributed by atoms with Crippen molar-refractivity contribution in [1.29, 1.82) is 0 Å². The minimum atomic E-state index is -0.413. The van der Waals surface area contributed by atoms with E-state index in [2.05, 4.69) is 10.1 Å². The smallest absolute Gasteiger partial charge is 0.292 e. The molecule has 2 aromatic heterocycles. The molecule has 0 spiro atoms. The zero-order valence-electron chi connectivity index (χ0n) is 7.89. The Morgan fingerprint density at radius 1 is 1.43 bits per heavy atom. The minimum Gasteiger partial charge on any atom is -0.292 e. The maximum Gasteiger partial charge on any atom is 0.354 e. The fourth-order valence-electron chi connectivity index (χ4n) is 1.36. The molecule has 2 aromatic rings. The molecule has 0 radical (unpaired) electrons. The highest BCUT2D eigenvalue weighted by atomic mass is 16.2. The van der Waals surface area contributed by atoms with Crippen LogP contribution in [0.4, 0.5) is 0 Å². The highest BCUT2D eigenvalue weighted by Gasteiger charge is 2.09. The van der Waals surface area contributed by atoms with Crippen LogP contribution < -0.4 is 11.4 Å². The Balaban J connectivity index is 2.97. The van der Waals surface area contributed by atoms with E-state index in [1.54, 1.807) is 19.9 Å². The van der Waals surface area contributed by atoms with Crippen molar-refractivity contribution in [2.45, 2.75) is 19.9 Å². The molecule has 0 saturated heterocycles. The van der Waals surface area contributed by atoms with E-state index < -0.39 is 11.4 Å². The molecular weight excluding hydrogens is 184 g/mol. The molecular formula is C8H10N4O2. The Labute approximate surface area is 78.8 Å². The summed E-state index contributed by atoms with van der Waals surface area (Å²) in [6.45, 7) is 3.54. The van der Waals surface area contributed by atoms with Crippen LogP contribution in [0.3, 0.4) is 0 Å². The lowest BCUT2D eigenvalue weighted by atomic mass is 10.4. The van der Waals surface area contributed by atoms with E-state index in [1.807, 2.05) is 0 Å². The van der Waals surface area contributed by atoms with Gasteiger partial charge in [0.2, 0.25) is 0 Å². The summed E-state index contributed by atoms with van der Waals surface area (Å²) < 4.78 is 2.29. The van der Waals surface area contributed by atoms with Crippen molar-refractivity contribution >= 4 is 5.65 Å². The molecule has 0 aromatic carbocycles. The van der Waals surface area contributed by atoms with E-state index in [1.165, 1.54) is 10.7 Å². The van der Waals surface area contributed by atoms with Gasteiger partial charge in [-0.1, -0.05) is 0 Å². The van der Waals surface area contributed by atoms with Gasteiger partial charge in [-0.05, 0) is 13.8 Å². The molecule has 0 aliphatic rings. The Kier molecular flexibility index (Phi) is 1.77. The molecule has 0 unspecified atom stereocenters. The fourth-order valence-corrected chi connectivity index (χ4v) is 1.36. The molecule has 0 atom stereocenters. The molecule has 0 aliphatic carbocycles. The average molecular weight is 194 g/mol. The van der Waals surface area contributed by atoms with Crippen LogP contribution in [0.25, 0.3) is 5.65 Å². The van der Waals surface area contributed by atoms with Gasteiger partial charge < -0.3 is 0 Å². The first-order valence-electron chi connectivity index (χ1n) is 4.30. The van der Waals surface area contributed by atoms with E-state index >= 15 is 0 Å². The zero-order chi connectivity index (χ0) is 10.3. The molecule has 2 heterocycles. The first kappa shape index (κ1) is 8.74. The van der Waals surface area contributed by atoms with Crippen molar-refractivity contribution < 1.29 is 0 Å². The highest BCUT2D eigenvalue weighted by molar-refractivity contribution is 5.33. The van der Waals surface area contributed by atoms with Gasteiger partial charge >= 0.3 is 11.4 Å². The van der Waals surface area contributed by atoms with E-state index in [0.29, 0.717) is 5.65 Å². The van der Waals surface area contributed by atoms with Crippen LogP contribution >= 0.6 is 0 Å². The first-order chi connectivity index (χ1) is 6.61. The zero-order valence-corrected chi connectivity index (χ0v) is 7.89. The molecule has 0 aliphatic heterocycles. The van der Waals surface area contributed by atoms with Gasteiger partial charge in [0.1, 0.15) is 5.65 Å². The second kappa shape index (κ2) is 2.83. The van der Waals surface area contributed by atoms with E-state index in [4.69, 9.17) is 0 Å². The molecule has 14 heavy (non-hydrogen) atoms. The van der Waals surface area contributed by atoms with Crippen LogP contribution in [0.2, 0.25) is 0 Å². The van der Waals surface area contributed by atoms with Crippen LogP contribution in [0, 0.1) is 0 Å². The number of nitrogens with zero attached hydrogens (tertiary/aromatic N) is 3. The second-order valence-corrected chi connectivity index (χ2v) is 3.30. The summed E-state index contributed by atoms with van der Waals surface area (Å²) in [6, 6.07) is 1.40. The number of aromatic nitrogens is 4. The molecule has 0 saturated carbocycles. The molecule has 1 N–H and O–H groups in total. The third kappa shape index (κ3) is 1.07. The molecule has 0 bridgehead atoms. The summed E-state index contributed by atoms with van der Waals surface area (Å²) in [4.78, 5) is 25.7. The van der Waals surface area contributed by atoms with Crippen LogP contribution in [-0.4, -0.2) is 19.2 Å². The summed E-state index contributed by atoms with van der Waals surface area (Å²) in [5.74, 6) is 0. The summed E-state index contributed by atoms with van der Waals surface area (Å²) in [5.41, 5.74) is -0.404. The van der Waals surface area contributed by atoms with Crippen LogP contribution in [-0.2, 0) is 0 Å². The molecule has 2 rings (SSSR count). The molecule has 74 valence electrons. The van der Waals surface area contributed by atoms with Crippen LogP contribution in [0.5, 0.6) is 0 Å². The Bertz CT molecular complexity index is 575. The normalized spacial score (nSPS) is 11.4. The van der Waals surface area contributed by atoms with Crippen molar-refractivity contribution in [3.8, 4) is 0 Å². The topological polar surface area (TPSA) is 72.2 Å². The van der Waals surface area contributed by atoms with Crippen LogP contribution in [0.15, 0.2) is 21.9 Å². The lowest BCUT2D eigenvalue weighted by molar-refractivity contribution is 0.517. The third-order valence-electron chi connectivity index (χ3n) is 2.00. The Morgan fingerprint density at radius 3 is 2.79 bits per heavy atom. The third-order valence-corrected chi connectivity index (χ3v) is 2.00. The number of aromatic amines is 1. The Morgan fingerprint density at radius 2 is 2.14 bits per heavy atom. The van der Waals surface area contributed by atoms with Crippen molar-refractivity contribution in [2.75, 3.05) is 0 Å². The number of hydrogen-bond acceptors (Lipinski definition) is 3. The van der Waals surface area contributed by atoms with Crippen molar-refractivity contribution in [3.05, 3.63) is 33.2 Å². The van der Waals surface area contributed by atoms with Crippen LogP contribution in [0.1, 0.15) is 19.9 Å². The number of nitrogens with one attached hydrogen (secondary N) is 1. The molecule has 0 fully saturated rings. The van der Waals surface area contributed by atoms with Gasteiger partial charge in [-0.15, -0.1) is 0 Å². The summed E-state index contributed by atoms with van der Waals surface area (Å²) >= 11 is 0. The summed E-state index contributed by atoms with van der Waals surface area (Å²) in [7, 11) is 0. The lowest BCUT2D eigenvalue weighted by Crippen LogP contribution is -2.40. The average Bonchev–Trinajstić information content (AvgIpc) is 2.50. The standard InChI is InChI=1S/C8H10N4O2/c1-5(2)11-7(13)10-6-3-4-9-12(6)8(11)14/h3-5H,1-2H3,(H,10,13). The largest absolute Gasteiger partial charge is 0.354 e. The molecule has 0 amide bonds. The van der Waals surface area contributed by atoms with Gasteiger partial charge in [0.15, 0.2) is 0 Å². The fraction of sp³-hybridized carbons (Fsp3) is 0.375. The molecule has 6 heteroatoms.